The summed E-state index contributed by atoms with van der Waals surface area (Å²) in [6.45, 7) is -0.126. The summed E-state index contributed by atoms with van der Waals surface area (Å²) in [6, 6.07) is 16.6. The highest BCUT2D eigenvalue weighted by atomic mass is 32.2. The molecule has 0 aliphatic heterocycles. The van der Waals surface area contributed by atoms with Crippen LogP contribution < -0.4 is 10.6 Å². The lowest BCUT2D eigenvalue weighted by atomic mass is 10.2. The Balaban J connectivity index is 1.37. The Bertz CT molecular complexity index is 1140. The zero-order valence-corrected chi connectivity index (χ0v) is 16.8. The van der Waals surface area contributed by atoms with E-state index in [1.807, 2.05) is 47.1 Å². The second-order valence-electron chi connectivity index (χ2n) is 6.46. The van der Waals surface area contributed by atoms with Crippen LogP contribution in [0.4, 0.5) is 5.69 Å². The highest BCUT2D eigenvalue weighted by Crippen LogP contribution is 2.26. The summed E-state index contributed by atoms with van der Waals surface area (Å²) < 4.78 is 1.97. The molecule has 0 spiro atoms. The number of hydrogen-bond donors (Lipinski definition) is 2. The van der Waals surface area contributed by atoms with Crippen molar-refractivity contribution in [3.05, 3.63) is 90.6 Å². The van der Waals surface area contributed by atoms with Gasteiger partial charge in [-0.3, -0.25) is 14.6 Å². The molecule has 0 aliphatic carbocycles. The number of benzene rings is 1. The first-order valence-electron chi connectivity index (χ1n) is 9.31. The molecule has 1 aromatic carbocycles. The van der Waals surface area contributed by atoms with Crippen LogP contribution in [0.15, 0.2) is 84.3 Å². The number of anilines is 1. The van der Waals surface area contributed by atoms with Crippen molar-refractivity contribution in [1.29, 1.82) is 0 Å². The summed E-state index contributed by atoms with van der Waals surface area (Å²) in [5, 5.41) is 5.37. The van der Waals surface area contributed by atoms with Crippen LogP contribution in [-0.4, -0.2) is 32.7 Å². The number of thioether (sulfide) groups is 1. The summed E-state index contributed by atoms with van der Waals surface area (Å²) in [5.74, 6) is 0.0219. The van der Waals surface area contributed by atoms with E-state index in [9.17, 15) is 9.59 Å². The summed E-state index contributed by atoms with van der Waals surface area (Å²) in [5.41, 5.74) is 2.93. The van der Waals surface area contributed by atoms with Gasteiger partial charge >= 0.3 is 0 Å². The predicted octanol–water partition coefficient (Wildman–Crippen LogP) is 3.39. The number of rotatable bonds is 7. The van der Waals surface area contributed by atoms with Crippen molar-refractivity contribution in [1.82, 2.24) is 19.7 Å². The van der Waals surface area contributed by atoms with Crippen molar-refractivity contribution in [2.24, 2.45) is 0 Å². The van der Waals surface area contributed by atoms with Crippen molar-refractivity contribution in [2.75, 3.05) is 11.9 Å². The summed E-state index contributed by atoms with van der Waals surface area (Å²) in [4.78, 5) is 34.1. The number of amides is 2. The van der Waals surface area contributed by atoms with Gasteiger partial charge in [-0.1, -0.05) is 18.2 Å². The number of pyridine rings is 2. The third-order valence-corrected chi connectivity index (χ3v) is 5.38. The molecule has 4 aromatic rings. The molecule has 0 aliphatic rings. The molecule has 3 aromatic heterocycles. The molecule has 0 fully saturated rings. The summed E-state index contributed by atoms with van der Waals surface area (Å²) in [7, 11) is 0. The fourth-order valence-electron chi connectivity index (χ4n) is 2.89. The number of carbonyl (C=O) groups is 2. The Hall–Kier alpha value is -3.65. The second-order valence-corrected chi connectivity index (χ2v) is 7.47. The fraction of sp³-hybridized carbons (Fsp3) is 0.0909. The average molecular weight is 417 g/mol. The summed E-state index contributed by atoms with van der Waals surface area (Å²) in [6.07, 6.45) is 7.10. The minimum absolute atomic E-state index is 0.126. The van der Waals surface area contributed by atoms with Crippen molar-refractivity contribution in [3.8, 4) is 0 Å². The molecular weight excluding hydrogens is 398 g/mol. The van der Waals surface area contributed by atoms with E-state index in [0.29, 0.717) is 17.0 Å². The molecule has 2 N–H and O–H groups in total. The van der Waals surface area contributed by atoms with Crippen LogP contribution in [0.5, 0.6) is 0 Å². The standard InChI is InChI=1S/C22H19N5O2S/c28-21(26-16-6-5-10-23-12-16)13-24-22(29)18-7-1-2-8-19(18)30-15-17-14-27-11-4-3-9-20(27)25-17/h1-12,14H,13,15H2,(H,24,29)(H,26,28). The lowest BCUT2D eigenvalue weighted by Crippen LogP contribution is -2.33. The number of aromatic nitrogens is 3. The smallest absolute Gasteiger partial charge is 0.252 e. The van der Waals surface area contributed by atoms with Crippen LogP contribution in [0, 0.1) is 0 Å². The van der Waals surface area contributed by atoms with E-state index < -0.39 is 0 Å². The van der Waals surface area contributed by atoms with Gasteiger partial charge in [-0.2, -0.15) is 0 Å². The third-order valence-electron chi connectivity index (χ3n) is 4.28. The van der Waals surface area contributed by atoms with Crippen LogP contribution in [0.3, 0.4) is 0 Å². The van der Waals surface area contributed by atoms with E-state index in [2.05, 4.69) is 20.6 Å². The highest BCUT2D eigenvalue weighted by molar-refractivity contribution is 7.98. The van der Waals surface area contributed by atoms with E-state index in [0.717, 1.165) is 16.2 Å². The van der Waals surface area contributed by atoms with Crippen molar-refractivity contribution in [3.63, 3.8) is 0 Å². The zero-order valence-electron chi connectivity index (χ0n) is 16.0. The monoisotopic (exact) mass is 417 g/mol. The molecule has 0 unspecified atom stereocenters. The van der Waals surface area contributed by atoms with Crippen LogP contribution in [0.2, 0.25) is 0 Å². The molecule has 0 saturated carbocycles. The van der Waals surface area contributed by atoms with Gasteiger partial charge in [0.2, 0.25) is 5.91 Å². The molecule has 8 heteroatoms. The zero-order chi connectivity index (χ0) is 20.8. The molecule has 0 bridgehead atoms. The van der Waals surface area contributed by atoms with Gasteiger partial charge in [0.1, 0.15) is 5.65 Å². The Morgan fingerprint density at radius 2 is 1.90 bits per heavy atom. The highest BCUT2D eigenvalue weighted by Gasteiger charge is 2.13. The van der Waals surface area contributed by atoms with Gasteiger partial charge in [-0.25, -0.2) is 4.98 Å². The minimum atomic E-state index is -0.314. The number of nitrogens with zero attached hydrogens (tertiary/aromatic N) is 3. The number of imidazole rings is 1. The molecule has 0 radical (unpaired) electrons. The van der Waals surface area contributed by atoms with E-state index in [1.54, 1.807) is 36.7 Å². The molecule has 30 heavy (non-hydrogen) atoms. The Morgan fingerprint density at radius 3 is 2.73 bits per heavy atom. The second kappa shape index (κ2) is 9.23. The van der Waals surface area contributed by atoms with Crippen molar-refractivity contribution >= 4 is 34.9 Å². The van der Waals surface area contributed by atoms with Gasteiger partial charge in [0.05, 0.1) is 29.7 Å². The van der Waals surface area contributed by atoms with Gasteiger partial charge in [0.25, 0.3) is 5.91 Å². The molecule has 2 amide bonds. The Labute approximate surface area is 177 Å². The Morgan fingerprint density at radius 1 is 1.03 bits per heavy atom. The maximum Gasteiger partial charge on any atom is 0.252 e. The van der Waals surface area contributed by atoms with E-state index in [-0.39, 0.29) is 18.4 Å². The van der Waals surface area contributed by atoms with Crippen LogP contribution in [-0.2, 0) is 10.5 Å². The molecule has 7 nitrogen and oxygen atoms in total. The number of fused-ring (bicyclic) bond motifs is 1. The SMILES string of the molecule is O=C(CNC(=O)c1ccccc1SCc1cn2ccccc2n1)Nc1cccnc1. The number of carbonyl (C=O) groups excluding carboxylic acids is 2. The topological polar surface area (TPSA) is 88.4 Å². The minimum Gasteiger partial charge on any atom is -0.343 e. The van der Waals surface area contributed by atoms with Crippen LogP contribution >= 0.6 is 11.8 Å². The molecule has 4 rings (SSSR count). The molecule has 0 atom stereocenters. The number of nitrogens with one attached hydrogen (secondary N) is 2. The largest absolute Gasteiger partial charge is 0.343 e. The van der Waals surface area contributed by atoms with E-state index in [4.69, 9.17) is 0 Å². The van der Waals surface area contributed by atoms with Gasteiger partial charge in [0.15, 0.2) is 0 Å². The van der Waals surface area contributed by atoms with Gasteiger partial charge in [-0.05, 0) is 36.4 Å². The maximum absolute atomic E-state index is 12.6. The molecule has 0 saturated heterocycles. The van der Waals surface area contributed by atoms with Gasteiger partial charge < -0.3 is 15.0 Å². The van der Waals surface area contributed by atoms with Crippen LogP contribution in [0.25, 0.3) is 5.65 Å². The van der Waals surface area contributed by atoms with Crippen molar-refractivity contribution < 1.29 is 9.59 Å². The quantitative estimate of drug-likeness (QED) is 0.450. The van der Waals surface area contributed by atoms with E-state index >= 15 is 0 Å². The fourth-order valence-corrected chi connectivity index (χ4v) is 3.82. The first-order valence-corrected chi connectivity index (χ1v) is 10.3. The lowest BCUT2D eigenvalue weighted by Gasteiger charge is -2.10. The molecule has 3 heterocycles. The van der Waals surface area contributed by atoms with Gasteiger partial charge in [0, 0.05) is 29.2 Å². The van der Waals surface area contributed by atoms with Crippen molar-refractivity contribution in [2.45, 2.75) is 10.6 Å². The predicted molar refractivity (Wildman–Crippen MR) is 116 cm³/mol. The first kappa shape index (κ1) is 19.7. The Kier molecular flexibility index (Phi) is 6.05. The first-order chi connectivity index (χ1) is 14.7. The normalized spacial score (nSPS) is 10.7. The average Bonchev–Trinajstić information content (AvgIpc) is 3.20. The van der Waals surface area contributed by atoms with E-state index in [1.165, 1.54) is 11.8 Å². The molecular formula is C22H19N5O2S. The third kappa shape index (κ3) is 4.84. The maximum atomic E-state index is 12.6. The summed E-state index contributed by atoms with van der Waals surface area (Å²) >= 11 is 1.54. The lowest BCUT2D eigenvalue weighted by molar-refractivity contribution is -0.115. The van der Waals surface area contributed by atoms with Gasteiger partial charge in [-0.15, -0.1) is 11.8 Å². The number of hydrogen-bond acceptors (Lipinski definition) is 5. The molecule has 150 valence electrons. The van der Waals surface area contributed by atoms with Crippen LogP contribution in [0.1, 0.15) is 16.1 Å².